The molecule has 0 fully saturated rings. The summed E-state index contributed by atoms with van der Waals surface area (Å²) in [7, 11) is 16.8. The summed E-state index contributed by atoms with van der Waals surface area (Å²) in [5, 5.41) is 0. The first-order valence-electron chi connectivity index (χ1n) is 46.8. The van der Waals surface area contributed by atoms with Crippen molar-refractivity contribution in [2.45, 2.75) is 120 Å². The molecular weight excluding hydrogens is 1820 g/mol. The van der Waals surface area contributed by atoms with Gasteiger partial charge in [0.1, 0.15) is 0 Å². The number of benzene rings is 10. The topological polar surface area (TPSA) is 303 Å². The molecule has 0 aliphatic carbocycles. The second-order valence-corrected chi connectivity index (χ2v) is 35.1. The number of rotatable bonds is 17. The van der Waals surface area contributed by atoms with Crippen LogP contribution in [-0.2, 0) is 93.6 Å². The Bertz CT molecular complexity index is 6980. The number of hydrogen-bond donors (Lipinski definition) is 0. The Kier molecular flexibility index (Phi) is 27.6. The second-order valence-electron chi connectivity index (χ2n) is 35.1. The minimum atomic E-state index is -0.534. The minimum Gasteiger partial charge on any atom is -0.493 e. The van der Waals surface area contributed by atoms with E-state index in [1.807, 2.05) is 36.4 Å². The summed E-state index contributed by atoms with van der Waals surface area (Å²) in [6.45, 7) is 18.5. The van der Waals surface area contributed by atoms with E-state index in [0.29, 0.717) is 45.4 Å². The number of methoxy groups -OCH3 is 10. The molecule has 0 aromatic heterocycles. The van der Waals surface area contributed by atoms with E-state index >= 15 is 0 Å². The van der Waals surface area contributed by atoms with Crippen LogP contribution in [0.2, 0.25) is 0 Å². The number of carbonyl (C=O) groups is 6. The quantitative estimate of drug-likeness (QED) is 0.0604. The highest BCUT2D eigenvalue weighted by Gasteiger charge is 2.39. The van der Waals surface area contributed by atoms with Gasteiger partial charge >= 0.3 is 35.8 Å². The molecule has 22 rings (SSSR count). The predicted molar refractivity (Wildman–Crippen MR) is 529 cm³/mol. The molecule has 0 bridgehead atoms. The van der Waals surface area contributed by atoms with E-state index in [2.05, 4.69) is 104 Å². The molecule has 12 aliphatic heterocycles. The lowest BCUT2D eigenvalue weighted by Crippen LogP contribution is -2.33. The van der Waals surface area contributed by atoms with Gasteiger partial charge in [0.15, 0.2) is 115 Å². The molecule has 0 saturated heterocycles. The molecule has 0 spiro atoms. The summed E-state index contributed by atoms with van der Waals surface area (Å²) in [6, 6.07) is 39.3. The van der Waals surface area contributed by atoms with E-state index < -0.39 is 35.8 Å². The standard InChI is InChI=1S/C25H23NO8.C23H23NO6.C23H27NO4.C21H23NO4.C19H15NO4/c1-13(27)31-22-6-5-17-9-21-19-11-24(33-15(3)29)23(32-14(2)28)10-18(19)7-8-26(21)12-20(17)25(22)34-16(4)30;1-13(25)29-21-10-16-7-8-24-12-18-15(5-6-20(27-3)23(18)28-4)9-19(24)17(16)11-22(21)30-14(2)26;1-6-15-16-7-8-19(25-2)23(28-5)18(16)13-24-10-9-14-11-20(26-3)21(27-4)12-17(14)22(15)24;1-23-18-6-5-13-9-17-15-11-20(25-3)19(24-2)10-14(15)7-8-22(17)12-16(13)21(18)26-4;1-2-16-19(24-10-21-16)14-8-20-4-3-12-6-17-18(23-9-22-17)7-13(12)15(20)5-11(1)14/h5-6,9-11H,7-8,12H2,1-4H3;5-6,9-11H,7-8,12H2,1-4H3;7-8,11-12H,6,9-10,13H2,1-5H3;5-6,9-11H,7-8,12H2,1-4H3;1-2,5-7H,3-4,8-10H2. The Morgan fingerprint density at radius 1 is 0.268 bits per heavy atom. The summed E-state index contributed by atoms with van der Waals surface area (Å²) >= 11 is 0. The van der Waals surface area contributed by atoms with Crippen LogP contribution < -0.4 is 94.7 Å². The fraction of sp³-hybridized carbons (Fsp3) is 0.315. The zero-order chi connectivity index (χ0) is 99.7. The third kappa shape index (κ3) is 18.8. The van der Waals surface area contributed by atoms with Crippen molar-refractivity contribution in [1.29, 1.82) is 0 Å². The highest BCUT2D eigenvalue weighted by molar-refractivity contribution is 5.97. The van der Waals surface area contributed by atoms with Gasteiger partial charge in [0.25, 0.3) is 0 Å². The Labute approximate surface area is 822 Å². The molecule has 0 saturated carbocycles. The molecule has 10 aromatic rings. The Morgan fingerprint density at radius 2 is 0.570 bits per heavy atom. The number of ether oxygens (including phenoxy) is 20. The molecular formula is C111H111N5O26. The summed E-state index contributed by atoms with van der Waals surface area (Å²) in [4.78, 5) is 81.1. The van der Waals surface area contributed by atoms with Crippen molar-refractivity contribution in [3.63, 3.8) is 0 Å². The highest BCUT2D eigenvalue weighted by atomic mass is 16.7. The second kappa shape index (κ2) is 40.8. The molecule has 0 N–H and O–H groups in total. The molecule has 31 nitrogen and oxygen atoms in total. The molecule has 31 heteroatoms. The molecule has 12 aliphatic rings. The van der Waals surface area contributed by atoms with Gasteiger partial charge in [-0.15, -0.1) is 0 Å². The molecule has 0 amide bonds. The maximum atomic E-state index is 11.7. The monoisotopic (exact) mass is 1930 g/mol. The van der Waals surface area contributed by atoms with E-state index in [0.717, 1.165) is 214 Å². The van der Waals surface area contributed by atoms with Gasteiger partial charge in [-0.2, -0.15) is 0 Å². The largest absolute Gasteiger partial charge is 0.493 e. The first-order chi connectivity index (χ1) is 68.7. The number of fused-ring (bicyclic) bond motifs is 23. The van der Waals surface area contributed by atoms with E-state index in [-0.39, 0.29) is 34.5 Å². The van der Waals surface area contributed by atoms with E-state index in [4.69, 9.17) is 94.7 Å². The SMILES string of the molecule is C1=C2c3cc4c(cc3CCN2Cc2c1ccc1c2OCO1)OCO4.CC(=O)Oc1cc2c(cc1OC(C)=O)C1=Cc3ccc(OC(C)=O)c(OC(C)=O)c3CN1CC2.CCC1=C2c3cc(OC)c(OC)cc3CCN2Cc2c1ccc(OC)c2OC.COc1cc2c(cc1OC)C1=Cc3ccc(OC)c(OC)c3CN1CC2.COc1ccc2c(c1OC)CN1CCc3cc(OC(C)=O)c(OC(C)=O)cc3C1=C2. The lowest BCUT2D eigenvalue weighted by atomic mass is 9.84. The summed E-state index contributed by atoms with van der Waals surface area (Å²) in [5.74, 6) is 9.39. The zero-order valence-corrected chi connectivity index (χ0v) is 82.4. The van der Waals surface area contributed by atoms with Crippen molar-refractivity contribution < 1.29 is 124 Å². The van der Waals surface area contributed by atoms with E-state index in [1.54, 1.807) is 107 Å². The summed E-state index contributed by atoms with van der Waals surface area (Å²) < 4.78 is 110. The Morgan fingerprint density at radius 3 is 0.993 bits per heavy atom. The van der Waals surface area contributed by atoms with Gasteiger partial charge in [-0.1, -0.05) is 37.3 Å². The van der Waals surface area contributed by atoms with Gasteiger partial charge < -0.3 is 119 Å². The number of nitrogens with zero attached hydrogens (tertiary/aromatic N) is 5. The number of carbonyl (C=O) groups excluding carboxylic acids is 6. The van der Waals surface area contributed by atoms with Crippen molar-refractivity contribution >= 4 is 94.2 Å². The summed E-state index contributed by atoms with van der Waals surface area (Å²) in [6.07, 6.45) is 13.8. The maximum Gasteiger partial charge on any atom is 0.308 e. The van der Waals surface area contributed by atoms with Crippen molar-refractivity contribution in [1.82, 2.24) is 24.5 Å². The predicted octanol–water partition coefficient (Wildman–Crippen LogP) is 17.7. The van der Waals surface area contributed by atoms with Gasteiger partial charge in [0, 0.05) is 191 Å². The van der Waals surface area contributed by atoms with Crippen LogP contribution in [0.5, 0.6) is 115 Å². The van der Waals surface area contributed by atoms with Crippen LogP contribution >= 0.6 is 0 Å². The van der Waals surface area contributed by atoms with E-state index in [9.17, 15) is 28.8 Å². The number of esters is 6. The number of hydrogen-bond acceptors (Lipinski definition) is 31. The maximum absolute atomic E-state index is 11.7. The Balaban J connectivity index is 0.000000118. The lowest BCUT2D eigenvalue weighted by Gasteiger charge is -2.40. The van der Waals surface area contributed by atoms with Gasteiger partial charge in [0.2, 0.25) is 13.6 Å². The van der Waals surface area contributed by atoms with Crippen LogP contribution in [0, 0.1) is 0 Å². The minimum absolute atomic E-state index is 0.154. The molecule has 12 heterocycles. The van der Waals surface area contributed by atoms with Gasteiger partial charge in [-0.05, 0) is 215 Å². The molecule has 736 valence electrons. The van der Waals surface area contributed by atoms with Gasteiger partial charge in [-0.25, -0.2) is 0 Å². The van der Waals surface area contributed by atoms with E-state index in [1.165, 1.54) is 125 Å². The van der Waals surface area contributed by atoms with Crippen molar-refractivity contribution in [2.24, 2.45) is 0 Å². The average Bonchev–Trinajstić information content (AvgIpc) is 1.08. The third-order valence-corrected chi connectivity index (χ3v) is 26.8. The van der Waals surface area contributed by atoms with Crippen LogP contribution in [0.3, 0.4) is 0 Å². The fourth-order valence-electron chi connectivity index (χ4n) is 20.6. The zero-order valence-electron chi connectivity index (χ0n) is 82.4. The number of allylic oxidation sites excluding steroid dienone is 1. The molecule has 0 radical (unpaired) electrons. The third-order valence-electron chi connectivity index (χ3n) is 26.8. The van der Waals surface area contributed by atoms with Crippen molar-refractivity contribution in [3.05, 3.63) is 233 Å². The van der Waals surface area contributed by atoms with Crippen LogP contribution in [-0.4, -0.2) is 178 Å². The van der Waals surface area contributed by atoms with Crippen LogP contribution in [0.4, 0.5) is 0 Å². The summed E-state index contributed by atoms with van der Waals surface area (Å²) in [5.41, 5.74) is 29.2. The first kappa shape index (κ1) is 96.2. The van der Waals surface area contributed by atoms with Crippen LogP contribution in [0.15, 0.2) is 121 Å². The van der Waals surface area contributed by atoms with Crippen molar-refractivity contribution in [2.75, 3.05) is 117 Å². The first-order valence-corrected chi connectivity index (χ1v) is 46.8. The normalized spacial score (nSPS) is 15.0. The average molecular weight is 1930 g/mol. The molecule has 0 unspecified atom stereocenters. The highest BCUT2D eigenvalue weighted by Crippen LogP contribution is 2.54. The van der Waals surface area contributed by atoms with Gasteiger partial charge in [-0.3, -0.25) is 28.8 Å². The van der Waals surface area contributed by atoms with Crippen molar-refractivity contribution in [3.8, 4) is 115 Å². The smallest absolute Gasteiger partial charge is 0.308 e. The van der Waals surface area contributed by atoms with Gasteiger partial charge in [0.05, 0.1) is 71.1 Å². The van der Waals surface area contributed by atoms with Crippen LogP contribution in [0.25, 0.3) is 58.4 Å². The Hall–Kier alpha value is -16.1. The molecule has 10 aromatic carbocycles. The lowest BCUT2D eigenvalue weighted by molar-refractivity contribution is -0.134. The molecule has 142 heavy (non-hydrogen) atoms. The fourth-order valence-corrected chi connectivity index (χ4v) is 20.6. The molecule has 0 atom stereocenters. The van der Waals surface area contributed by atoms with Crippen LogP contribution in [0.1, 0.15) is 166 Å².